The molecule has 0 N–H and O–H groups in total. The van der Waals surface area contributed by atoms with Crippen LogP contribution < -0.4 is 0 Å². The summed E-state index contributed by atoms with van der Waals surface area (Å²) in [5.41, 5.74) is 0. The summed E-state index contributed by atoms with van der Waals surface area (Å²) in [4.78, 5) is 0. The zero-order chi connectivity index (χ0) is 12.3. The summed E-state index contributed by atoms with van der Waals surface area (Å²) in [6.45, 7) is 0.552. The van der Waals surface area contributed by atoms with Crippen molar-refractivity contribution >= 4 is 0 Å². The van der Waals surface area contributed by atoms with Crippen LogP contribution in [0.5, 0.6) is 0 Å². The van der Waals surface area contributed by atoms with Crippen LogP contribution in [0.4, 0.5) is 26.3 Å². The van der Waals surface area contributed by atoms with Crippen LogP contribution in [0.25, 0.3) is 0 Å². The molecular weight excluding hydrogens is 230 g/mol. The second kappa shape index (κ2) is 4.56. The Morgan fingerprint density at radius 3 is 1.73 bits per heavy atom. The van der Waals surface area contributed by atoms with Gasteiger partial charge >= 0.3 is 18.1 Å². The maximum atomic E-state index is 13.0. The highest BCUT2D eigenvalue weighted by atomic mass is 19.4. The summed E-state index contributed by atoms with van der Waals surface area (Å²) in [5.74, 6) is -5.12. The standard InChI is InChI=1S/C7H10F6O2/c1-3-4-15-5(8,6(9,10)11)7(12,13)14-2/h3-4H2,1-2H3. The monoisotopic (exact) mass is 240 g/mol. The fourth-order valence-corrected chi connectivity index (χ4v) is 0.705. The van der Waals surface area contributed by atoms with E-state index < -0.39 is 24.7 Å². The first-order valence-electron chi connectivity index (χ1n) is 3.95. The average Bonchev–Trinajstić information content (AvgIpc) is 2.12. The van der Waals surface area contributed by atoms with Gasteiger partial charge in [-0.1, -0.05) is 6.92 Å². The van der Waals surface area contributed by atoms with Crippen molar-refractivity contribution in [2.75, 3.05) is 13.7 Å². The second-order valence-corrected chi connectivity index (χ2v) is 2.66. The maximum Gasteiger partial charge on any atom is 0.457 e. The molecule has 0 aromatic rings. The average molecular weight is 240 g/mol. The predicted octanol–water partition coefficient (Wildman–Crippen LogP) is 2.88. The Labute approximate surface area is 82.1 Å². The molecule has 1 atom stereocenters. The van der Waals surface area contributed by atoms with Crippen molar-refractivity contribution in [1.82, 2.24) is 0 Å². The van der Waals surface area contributed by atoms with Gasteiger partial charge in [-0.3, -0.25) is 0 Å². The van der Waals surface area contributed by atoms with E-state index in [1.807, 2.05) is 0 Å². The number of ether oxygens (including phenoxy) is 2. The molecule has 0 radical (unpaired) electrons. The van der Waals surface area contributed by atoms with Crippen LogP contribution >= 0.6 is 0 Å². The highest BCUT2D eigenvalue weighted by Crippen LogP contribution is 2.46. The Morgan fingerprint density at radius 1 is 1.00 bits per heavy atom. The third-order valence-corrected chi connectivity index (χ3v) is 1.50. The molecule has 0 bridgehead atoms. The van der Waals surface area contributed by atoms with Crippen LogP contribution in [0.3, 0.4) is 0 Å². The summed E-state index contributed by atoms with van der Waals surface area (Å²) in [6, 6.07) is 0. The fraction of sp³-hybridized carbons (Fsp3) is 1.00. The topological polar surface area (TPSA) is 18.5 Å². The Hall–Kier alpha value is -0.500. The second-order valence-electron chi connectivity index (χ2n) is 2.66. The molecule has 1 unspecified atom stereocenters. The number of halogens is 6. The van der Waals surface area contributed by atoms with Crippen molar-refractivity contribution < 1.29 is 35.8 Å². The van der Waals surface area contributed by atoms with E-state index in [0.717, 1.165) is 0 Å². The van der Waals surface area contributed by atoms with Gasteiger partial charge in [-0.05, 0) is 6.42 Å². The van der Waals surface area contributed by atoms with Gasteiger partial charge in [0.05, 0.1) is 6.61 Å². The van der Waals surface area contributed by atoms with E-state index in [0.29, 0.717) is 0 Å². The minimum Gasteiger partial charge on any atom is -0.332 e. The Balaban J connectivity index is 5.03. The SMILES string of the molecule is CCCOC(F)(C(F)(F)F)C(F)(F)OC. The first kappa shape index (κ1) is 14.5. The van der Waals surface area contributed by atoms with Gasteiger partial charge in [0.1, 0.15) is 0 Å². The normalized spacial score (nSPS) is 17.6. The van der Waals surface area contributed by atoms with Crippen molar-refractivity contribution in [3.8, 4) is 0 Å². The predicted molar refractivity (Wildman–Crippen MR) is 38.1 cm³/mol. The lowest BCUT2D eigenvalue weighted by molar-refractivity contribution is -0.454. The van der Waals surface area contributed by atoms with Crippen molar-refractivity contribution in [1.29, 1.82) is 0 Å². The number of alkyl halides is 6. The van der Waals surface area contributed by atoms with Gasteiger partial charge in [-0.2, -0.15) is 26.3 Å². The Kier molecular flexibility index (Phi) is 4.41. The molecule has 0 saturated heterocycles. The lowest BCUT2D eigenvalue weighted by atomic mass is 10.2. The zero-order valence-corrected chi connectivity index (χ0v) is 8.00. The summed E-state index contributed by atoms with van der Waals surface area (Å²) >= 11 is 0. The molecule has 0 fully saturated rings. The Bertz CT molecular complexity index is 204. The smallest absolute Gasteiger partial charge is 0.332 e. The Morgan fingerprint density at radius 2 is 1.47 bits per heavy atom. The fourth-order valence-electron chi connectivity index (χ4n) is 0.705. The van der Waals surface area contributed by atoms with Crippen LogP contribution in [0.1, 0.15) is 13.3 Å². The summed E-state index contributed by atoms with van der Waals surface area (Å²) < 4.78 is 81.1. The first-order chi connectivity index (χ1) is 6.62. The molecule has 0 aromatic carbocycles. The van der Waals surface area contributed by atoms with E-state index in [4.69, 9.17) is 0 Å². The zero-order valence-electron chi connectivity index (χ0n) is 8.00. The van der Waals surface area contributed by atoms with Crippen molar-refractivity contribution in [3.05, 3.63) is 0 Å². The summed E-state index contributed by atoms with van der Waals surface area (Å²) in [5, 5.41) is 0. The van der Waals surface area contributed by atoms with E-state index in [9.17, 15) is 26.3 Å². The highest BCUT2D eigenvalue weighted by molar-refractivity contribution is 4.86. The minimum absolute atomic E-state index is 0.0401. The molecule has 0 heterocycles. The number of methoxy groups -OCH3 is 1. The molecule has 15 heavy (non-hydrogen) atoms. The van der Waals surface area contributed by atoms with Gasteiger partial charge < -0.3 is 9.47 Å². The third kappa shape index (κ3) is 2.75. The van der Waals surface area contributed by atoms with Crippen LogP contribution in [0, 0.1) is 0 Å². The van der Waals surface area contributed by atoms with Crippen molar-refractivity contribution in [2.24, 2.45) is 0 Å². The molecule has 0 saturated carbocycles. The lowest BCUT2D eigenvalue weighted by Crippen LogP contribution is -2.58. The molecule has 0 aliphatic rings. The molecule has 8 heteroatoms. The van der Waals surface area contributed by atoms with Gasteiger partial charge in [0.2, 0.25) is 0 Å². The number of hydrogen-bond acceptors (Lipinski definition) is 2. The largest absolute Gasteiger partial charge is 0.457 e. The number of rotatable bonds is 5. The third-order valence-electron chi connectivity index (χ3n) is 1.50. The molecule has 2 nitrogen and oxygen atoms in total. The van der Waals surface area contributed by atoms with Gasteiger partial charge in [0.25, 0.3) is 0 Å². The highest BCUT2D eigenvalue weighted by Gasteiger charge is 2.74. The van der Waals surface area contributed by atoms with Crippen LogP contribution in [0.2, 0.25) is 0 Å². The molecule has 0 rings (SSSR count). The number of hydrogen-bond donors (Lipinski definition) is 0. The van der Waals surface area contributed by atoms with Crippen LogP contribution in [0.15, 0.2) is 0 Å². The van der Waals surface area contributed by atoms with Crippen LogP contribution in [-0.2, 0) is 9.47 Å². The first-order valence-corrected chi connectivity index (χ1v) is 3.95. The maximum absolute atomic E-state index is 13.0. The lowest BCUT2D eigenvalue weighted by Gasteiger charge is -2.32. The van der Waals surface area contributed by atoms with Crippen molar-refractivity contribution in [3.63, 3.8) is 0 Å². The van der Waals surface area contributed by atoms with Crippen molar-refractivity contribution in [2.45, 2.75) is 31.5 Å². The van der Waals surface area contributed by atoms with Crippen LogP contribution in [-0.4, -0.2) is 31.9 Å². The molecule has 0 aromatic heterocycles. The molecule has 0 spiro atoms. The van der Waals surface area contributed by atoms with Gasteiger partial charge in [0.15, 0.2) is 0 Å². The molecular formula is C7H10F6O2. The van der Waals surface area contributed by atoms with E-state index in [2.05, 4.69) is 9.47 Å². The quantitative estimate of drug-likeness (QED) is 0.688. The summed E-state index contributed by atoms with van der Waals surface area (Å²) in [7, 11) is 0.259. The van der Waals surface area contributed by atoms with E-state index in [1.54, 1.807) is 0 Å². The van der Waals surface area contributed by atoms with Gasteiger partial charge in [-0.15, -0.1) is 0 Å². The molecule has 0 aliphatic carbocycles. The van der Waals surface area contributed by atoms with Gasteiger partial charge in [0, 0.05) is 7.11 Å². The molecule has 92 valence electrons. The molecule has 0 aliphatic heterocycles. The summed E-state index contributed by atoms with van der Waals surface area (Å²) in [6.07, 6.45) is -11.0. The van der Waals surface area contributed by atoms with E-state index in [1.165, 1.54) is 6.92 Å². The minimum atomic E-state index is -5.87. The van der Waals surface area contributed by atoms with Gasteiger partial charge in [-0.25, -0.2) is 0 Å². The van der Waals surface area contributed by atoms with E-state index in [-0.39, 0.29) is 13.5 Å². The van der Waals surface area contributed by atoms with E-state index >= 15 is 0 Å². The molecule has 0 amide bonds.